The van der Waals surface area contributed by atoms with Crippen molar-refractivity contribution in [1.29, 1.82) is 0 Å². The number of rotatable bonds is 6. The summed E-state index contributed by atoms with van der Waals surface area (Å²) < 4.78 is 32.6. The van der Waals surface area contributed by atoms with E-state index < -0.39 is 36.0 Å². The van der Waals surface area contributed by atoms with Gasteiger partial charge in [-0.3, -0.25) is 9.59 Å². The number of anilines is 1. The summed E-state index contributed by atoms with van der Waals surface area (Å²) in [7, 11) is 0. The number of hydrogen-bond donors (Lipinski definition) is 6. The molecular formula is C26H24F3N5O6S. The number of carbonyl (C=O) groups excluding carboxylic acids is 2. The van der Waals surface area contributed by atoms with Crippen LogP contribution in [0.3, 0.4) is 0 Å². The Labute approximate surface area is 234 Å². The lowest BCUT2D eigenvalue weighted by atomic mass is 10.1. The molecule has 0 saturated heterocycles. The minimum absolute atomic E-state index is 0.322. The number of nitrogens with zero attached hydrogens (tertiary/aromatic N) is 1. The van der Waals surface area contributed by atoms with Gasteiger partial charge in [0, 0.05) is 17.7 Å². The molecule has 0 radical (unpaired) electrons. The average molecular weight is 592 g/mol. The second-order valence-corrected chi connectivity index (χ2v) is 9.02. The predicted octanol–water partition coefficient (Wildman–Crippen LogP) is 3.31. The first-order valence-corrected chi connectivity index (χ1v) is 12.2. The monoisotopic (exact) mass is 591 g/mol. The zero-order chi connectivity index (χ0) is 30.7. The molecule has 0 saturated carbocycles. The quantitative estimate of drug-likeness (QED) is 0.194. The highest BCUT2D eigenvalue weighted by Gasteiger charge is 2.38. The van der Waals surface area contributed by atoms with Crippen LogP contribution in [-0.2, 0) is 16.1 Å². The molecule has 0 unspecified atom stereocenters. The average Bonchev–Trinajstić information content (AvgIpc) is 3.31. The van der Waals surface area contributed by atoms with Gasteiger partial charge in [0.05, 0.1) is 10.2 Å². The summed E-state index contributed by atoms with van der Waals surface area (Å²) in [6.45, 7) is 0.322. The molecule has 4 rings (SSSR count). The van der Waals surface area contributed by atoms with E-state index in [2.05, 4.69) is 10.3 Å². The fraction of sp³-hybridized carbons (Fsp3) is 0.115. The van der Waals surface area contributed by atoms with E-state index in [4.69, 9.17) is 27.1 Å². The van der Waals surface area contributed by atoms with Gasteiger partial charge in [-0.25, -0.2) is 14.6 Å². The van der Waals surface area contributed by atoms with Gasteiger partial charge in [-0.1, -0.05) is 53.8 Å². The molecular weight excluding hydrogens is 567 g/mol. The van der Waals surface area contributed by atoms with Crippen LogP contribution in [0.1, 0.15) is 37.9 Å². The molecule has 216 valence electrons. The highest BCUT2D eigenvalue weighted by atomic mass is 32.1. The molecule has 1 atom stereocenters. The van der Waals surface area contributed by atoms with Gasteiger partial charge < -0.3 is 32.7 Å². The molecule has 0 aliphatic heterocycles. The molecule has 15 heteroatoms. The number of aliphatic carboxylic acids is 2. The number of primary amides is 1. The van der Waals surface area contributed by atoms with Crippen molar-refractivity contribution >= 4 is 50.4 Å². The standard InChI is InChI=1S/C16H16N2O3.C8H7N3OS.C2HF3O2/c17-10-11-5-4-8-13(9-11)15(19)18-14(16(20)21)12-6-2-1-3-7-12;9-7(12)4-1-2-5-6(3-4)13-8(10)11-5;3-2(4,5)1(6)7/h1-9,14H,10,17H2,(H,18,19)(H,20,21);1-3H,(H2,9,12)(H2,10,11);(H,6,7)/t14-;;/m1../s1. The Morgan fingerprint density at radius 2 is 1.56 bits per heavy atom. The number of hydrogen-bond acceptors (Lipinski definition) is 8. The van der Waals surface area contributed by atoms with Crippen LogP contribution in [0.5, 0.6) is 0 Å². The highest BCUT2D eigenvalue weighted by molar-refractivity contribution is 7.22. The van der Waals surface area contributed by atoms with Crippen LogP contribution < -0.4 is 22.5 Å². The van der Waals surface area contributed by atoms with Crippen molar-refractivity contribution < 1.29 is 42.6 Å². The number of halogens is 3. The Morgan fingerprint density at radius 3 is 2.10 bits per heavy atom. The lowest BCUT2D eigenvalue weighted by molar-refractivity contribution is -0.192. The van der Waals surface area contributed by atoms with Crippen molar-refractivity contribution in [3.63, 3.8) is 0 Å². The molecule has 41 heavy (non-hydrogen) atoms. The summed E-state index contributed by atoms with van der Waals surface area (Å²) in [5.41, 5.74) is 19.2. The van der Waals surface area contributed by atoms with E-state index in [1.54, 1.807) is 66.7 Å². The highest BCUT2D eigenvalue weighted by Crippen LogP contribution is 2.24. The first kappa shape index (κ1) is 32.2. The van der Waals surface area contributed by atoms with Gasteiger partial charge in [0.15, 0.2) is 11.2 Å². The van der Waals surface area contributed by atoms with Gasteiger partial charge in [0.1, 0.15) is 0 Å². The first-order chi connectivity index (χ1) is 19.2. The number of carboxylic acids is 2. The zero-order valence-corrected chi connectivity index (χ0v) is 21.8. The van der Waals surface area contributed by atoms with Crippen molar-refractivity contribution in [2.24, 2.45) is 11.5 Å². The minimum Gasteiger partial charge on any atom is -0.479 e. The Balaban J connectivity index is 0.000000249. The summed E-state index contributed by atoms with van der Waals surface area (Å²) in [5, 5.41) is 19.4. The Bertz CT molecular complexity index is 1530. The summed E-state index contributed by atoms with van der Waals surface area (Å²) in [6.07, 6.45) is -5.08. The predicted molar refractivity (Wildman–Crippen MR) is 145 cm³/mol. The van der Waals surface area contributed by atoms with E-state index in [9.17, 15) is 32.7 Å². The summed E-state index contributed by atoms with van der Waals surface area (Å²) >= 11 is 1.34. The molecule has 1 aromatic heterocycles. The van der Waals surface area contributed by atoms with Gasteiger partial charge in [0.2, 0.25) is 5.91 Å². The number of fused-ring (bicyclic) bond motifs is 1. The van der Waals surface area contributed by atoms with Gasteiger partial charge in [0.25, 0.3) is 5.91 Å². The molecule has 11 nitrogen and oxygen atoms in total. The number of nitrogens with two attached hydrogens (primary N) is 3. The number of alkyl halides is 3. The van der Waals surface area contributed by atoms with Gasteiger partial charge in [-0.15, -0.1) is 0 Å². The number of carboxylic acid groups (broad SMARTS) is 2. The van der Waals surface area contributed by atoms with Crippen molar-refractivity contribution in [1.82, 2.24) is 10.3 Å². The lowest BCUT2D eigenvalue weighted by Gasteiger charge is -2.15. The largest absolute Gasteiger partial charge is 0.490 e. The molecule has 3 aromatic carbocycles. The molecule has 0 fully saturated rings. The SMILES string of the molecule is NC(=O)c1ccc2nc(N)sc2c1.NCc1cccc(C(=O)N[C@@H](C(=O)O)c2ccccc2)c1.O=C(O)C(F)(F)F. The maximum Gasteiger partial charge on any atom is 0.490 e. The molecule has 1 heterocycles. The van der Waals surface area contributed by atoms with E-state index in [1.807, 2.05) is 6.07 Å². The normalized spacial score (nSPS) is 11.2. The van der Waals surface area contributed by atoms with E-state index >= 15 is 0 Å². The summed E-state index contributed by atoms with van der Waals surface area (Å²) in [6, 6.07) is 19.4. The molecule has 4 aromatic rings. The van der Waals surface area contributed by atoms with E-state index in [1.165, 1.54) is 11.3 Å². The van der Waals surface area contributed by atoms with Gasteiger partial charge in [-0.05, 0) is 41.5 Å². The first-order valence-electron chi connectivity index (χ1n) is 11.4. The molecule has 9 N–H and O–H groups in total. The Hall–Kier alpha value is -5.02. The fourth-order valence-corrected chi connectivity index (χ4v) is 3.86. The number of aromatic nitrogens is 1. The van der Waals surface area contributed by atoms with Crippen LogP contribution >= 0.6 is 11.3 Å². The van der Waals surface area contributed by atoms with Crippen molar-refractivity contribution in [3.05, 3.63) is 95.1 Å². The number of nitrogen functional groups attached to an aromatic ring is 1. The van der Waals surface area contributed by atoms with Crippen molar-refractivity contribution in [2.45, 2.75) is 18.8 Å². The smallest absolute Gasteiger partial charge is 0.479 e. The topological polar surface area (TPSA) is 212 Å². The second kappa shape index (κ2) is 14.4. The van der Waals surface area contributed by atoms with E-state index in [-0.39, 0.29) is 0 Å². The number of benzene rings is 3. The van der Waals surface area contributed by atoms with Crippen molar-refractivity contribution in [3.8, 4) is 0 Å². The Kier molecular flexibility index (Phi) is 11.3. The number of nitrogens with one attached hydrogen (secondary N) is 1. The third-order valence-corrected chi connectivity index (χ3v) is 5.86. The van der Waals surface area contributed by atoms with Gasteiger partial charge >= 0.3 is 18.1 Å². The van der Waals surface area contributed by atoms with Gasteiger partial charge in [-0.2, -0.15) is 13.2 Å². The lowest BCUT2D eigenvalue weighted by Crippen LogP contribution is -2.33. The number of amides is 2. The minimum atomic E-state index is -5.08. The third kappa shape index (κ3) is 9.90. The van der Waals surface area contributed by atoms with E-state index in [0.717, 1.165) is 15.8 Å². The van der Waals surface area contributed by atoms with Crippen LogP contribution in [0.2, 0.25) is 0 Å². The van der Waals surface area contributed by atoms with Crippen LogP contribution in [0.25, 0.3) is 10.2 Å². The van der Waals surface area contributed by atoms with Crippen LogP contribution in [0.4, 0.5) is 18.3 Å². The van der Waals surface area contributed by atoms with Crippen molar-refractivity contribution in [2.75, 3.05) is 5.73 Å². The maximum absolute atomic E-state index is 12.2. The molecule has 0 aliphatic carbocycles. The molecule has 0 spiro atoms. The molecule has 0 bridgehead atoms. The zero-order valence-electron chi connectivity index (χ0n) is 21.0. The fourth-order valence-electron chi connectivity index (χ4n) is 3.08. The summed E-state index contributed by atoms with van der Waals surface area (Å²) in [5.74, 6) is -4.74. The molecule has 2 amide bonds. The Morgan fingerprint density at radius 1 is 0.927 bits per heavy atom. The number of thiazole rings is 1. The molecule has 0 aliphatic rings. The van der Waals surface area contributed by atoms with Crippen LogP contribution in [0, 0.1) is 0 Å². The summed E-state index contributed by atoms with van der Waals surface area (Å²) in [4.78, 5) is 47.3. The third-order valence-electron chi connectivity index (χ3n) is 5.01. The van der Waals surface area contributed by atoms with E-state index in [0.29, 0.717) is 28.4 Å². The number of carbonyl (C=O) groups is 4. The van der Waals surface area contributed by atoms with Crippen LogP contribution in [-0.4, -0.2) is 45.1 Å². The second-order valence-electron chi connectivity index (χ2n) is 7.96. The van der Waals surface area contributed by atoms with Crippen LogP contribution in [0.15, 0.2) is 72.8 Å². The maximum atomic E-state index is 12.2.